The Morgan fingerprint density at radius 2 is 1.43 bits per heavy atom. The van der Waals surface area contributed by atoms with E-state index in [4.69, 9.17) is 9.98 Å². The Labute approximate surface area is 264 Å². The fourth-order valence-corrected chi connectivity index (χ4v) is 4.49. The molecule has 0 aliphatic carbocycles. The number of phenolic OH excluding ortho intramolecular Hbond substituents is 2. The smallest absolute Gasteiger partial charge is 0.131 e. The number of hydrogen-bond acceptors (Lipinski definition) is 5. The van der Waals surface area contributed by atoms with Crippen molar-refractivity contribution in [1.82, 2.24) is 9.55 Å². The van der Waals surface area contributed by atoms with Gasteiger partial charge in [0.25, 0.3) is 0 Å². The molecule has 1 aromatic heterocycles. The molecule has 0 saturated heterocycles. The highest BCUT2D eigenvalue weighted by Crippen LogP contribution is 2.21. The van der Waals surface area contributed by atoms with Gasteiger partial charge in [0.05, 0.1) is 5.71 Å². The van der Waals surface area contributed by atoms with Gasteiger partial charge in [-0.1, -0.05) is 64.1 Å². The van der Waals surface area contributed by atoms with Crippen molar-refractivity contribution in [2.45, 2.75) is 94.0 Å². The van der Waals surface area contributed by atoms with E-state index in [2.05, 4.69) is 61.9 Å². The Bertz CT molecular complexity index is 1490. The lowest BCUT2D eigenvalue weighted by atomic mass is 10.1. The van der Waals surface area contributed by atoms with Crippen molar-refractivity contribution >= 4 is 17.3 Å². The van der Waals surface area contributed by atoms with Gasteiger partial charge >= 0.3 is 0 Å². The van der Waals surface area contributed by atoms with Crippen LogP contribution in [0.3, 0.4) is 0 Å². The van der Waals surface area contributed by atoms with Gasteiger partial charge in [0.15, 0.2) is 0 Å². The van der Waals surface area contributed by atoms with E-state index in [0.29, 0.717) is 0 Å². The molecular formula is C37H51N5O2. The predicted molar refractivity (Wildman–Crippen MR) is 186 cm³/mol. The highest BCUT2D eigenvalue weighted by Gasteiger charge is 2.13. The van der Waals surface area contributed by atoms with Crippen LogP contribution >= 0.6 is 0 Å². The van der Waals surface area contributed by atoms with E-state index in [9.17, 15) is 10.2 Å². The second kappa shape index (κ2) is 18.4. The van der Waals surface area contributed by atoms with Crippen LogP contribution in [0.5, 0.6) is 11.5 Å². The second-order valence-corrected chi connectivity index (χ2v) is 11.1. The molecule has 236 valence electrons. The maximum absolute atomic E-state index is 10.2. The lowest BCUT2D eigenvalue weighted by Gasteiger charge is -2.15. The van der Waals surface area contributed by atoms with Crippen LogP contribution in [0.1, 0.15) is 98.0 Å². The molecule has 44 heavy (non-hydrogen) atoms. The van der Waals surface area contributed by atoms with Crippen molar-refractivity contribution in [1.29, 1.82) is 0 Å². The average molecular weight is 598 g/mol. The second-order valence-electron chi connectivity index (χ2n) is 11.1. The van der Waals surface area contributed by atoms with Crippen molar-refractivity contribution in [3.63, 3.8) is 0 Å². The van der Waals surface area contributed by atoms with Crippen molar-refractivity contribution < 1.29 is 10.2 Å². The number of para-hydroxylation sites is 2. The van der Waals surface area contributed by atoms with Crippen molar-refractivity contribution in [3.8, 4) is 11.5 Å². The van der Waals surface area contributed by atoms with E-state index in [1.807, 2.05) is 57.3 Å². The number of imidazole rings is 1. The maximum atomic E-state index is 10.2. The molecule has 0 saturated carbocycles. The number of phenols is 2. The molecule has 0 amide bonds. The van der Waals surface area contributed by atoms with E-state index in [1.165, 1.54) is 5.57 Å². The zero-order valence-corrected chi connectivity index (χ0v) is 27.9. The van der Waals surface area contributed by atoms with Crippen molar-refractivity contribution in [2.75, 3.05) is 0 Å². The van der Waals surface area contributed by atoms with Crippen LogP contribution in [-0.2, 0) is 13.0 Å². The minimum atomic E-state index is 0.226. The van der Waals surface area contributed by atoms with Gasteiger partial charge in [0.1, 0.15) is 23.2 Å². The third kappa shape index (κ3) is 11.1. The summed E-state index contributed by atoms with van der Waals surface area (Å²) in [5.41, 5.74) is 6.19. The molecule has 0 fully saturated rings. The minimum Gasteiger partial charge on any atom is -0.507 e. The molecule has 3 rings (SSSR count). The molecule has 0 aliphatic rings. The lowest BCUT2D eigenvalue weighted by Crippen LogP contribution is -2.12. The number of aliphatic imine (C=N–C) groups is 3. The predicted octanol–water partition coefficient (Wildman–Crippen LogP) is 9.30. The Balaban J connectivity index is 0.000000432. The molecule has 0 bridgehead atoms. The average Bonchev–Trinajstić information content (AvgIpc) is 3.45. The molecule has 0 aliphatic heterocycles. The molecule has 2 aromatic carbocycles. The van der Waals surface area contributed by atoms with Gasteiger partial charge in [-0.2, -0.15) is 0 Å². The number of rotatable bonds is 12. The summed E-state index contributed by atoms with van der Waals surface area (Å²) in [6, 6.07) is 14.5. The van der Waals surface area contributed by atoms with Gasteiger partial charge in [-0.3, -0.25) is 4.99 Å². The number of aromatic hydroxyl groups is 2. The molecule has 3 aromatic rings. The van der Waals surface area contributed by atoms with Crippen LogP contribution < -0.4 is 0 Å². The van der Waals surface area contributed by atoms with Crippen molar-refractivity contribution in [2.24, 2.45) is 20.9 Å². The first-order valence-corrected chi connectivity index (χ1v) is 15.6. The summed E-state index contributed by atoms with van der Waals surface area (Å²) in [5.74, 6) is 2.69. The molecule has 0 spiro atoms. The minimum absolute atomic E-state index is 0.226. The summed E-state index contributed by atoms with van der Waals surface area (Å²) in [5, 5.41) is 19.7. The van der Waals surface area contributed by atoms with Gasteiger partial charge < -0.3 is 14.8 Å². The Hall–Kier alpha value is -4.26. The lowest BCUT2D eigenvalue weighted by molar-refractivity contribution is 0.473. The van der Waals surface area contributed by atoms with Gasteiger partial charge in [-0.15, -0.1) is 0 Å². The van der Waals surface area contributed by atoms with Crippen LogP contribution in [0.4, 0.5) is 0 Å². The fraction of sp³-hybridized carbons (Fsp3) is 0.405. The molecule has 2 N–H and O–H groups in total. The topological polar surface area (TPSA) is 95.4 Å². The largest absolute Gasteiger partial charge is 0.507 e. The number of benzene rings is 2. The first-order chi connectivity index (χ1) is 21.0. The monoisotopic (exact) mass is 597 g/mol. The van der Waals surface area contributed by atoms with E-state index in [-0.39, 0.29) is 17.4 Å². The maximum Gasteiger partial charge on any atom is 0.131 e. The summed E-state index contributed by atoms with van der Waals surface area (Å²) in [4.78, 5) is 18.6. The van der Waals surface area contributed by atoms with Crippen LogP contribution in [0.15, 0.2) is 99.4 Å². The van der Waals surface area contributed by atoms with Gasteiger partial charge in [0, 0.05) is 65.9 Å². The van der Waals surface area contributed by atoms with E-state index < -0.39 is 0 Å². The number of aryl methyl sites for hydroxylation is 2. The Morgan fingerprint density at radius 3 is 1.93 bits per heavy atom. The third-order valence-electron chi connectivity index (χ3n) is 7.42. The normalized spacial score (nSPS) is 13.6. The zero-order chi connectivity index (χ0) is 32.6. The SMILES string of the molecule is C=C(C)N=C(C)c1ccccc1O.CCCc1nccn1CC/C(N=C(N=C(C)c1ccccc1O)C(C)CC)=C(\C)CC. The van der Waals surface area contributed by atoms with Crippen LogP contribution in [-0.4, -0.2) is 37.0 Å². The Kier molecular flexibility index (Phi) is 15.0. The molecule has 1 atom stereocenters. The molecule has 1 unspecified atom stereocenters. The van der Waals surface area contributed by atoms with Crippen LogP contribution in [0.25, 0.3) is 0 Å². The quantitative estimate of drug-likeness (QED) is 0.161. The van der Waals surface area contributed by atoms with E-state index >= 15 is 0 Å². The van der Waals surface area contributed by atoms with Crippen LogP contribution in [0.2, 0.25) is 0 Å². The number of allylic oxidation sites excluding steroid dienone is 3. The molecule has 1 heterocycles. The number of hydrogen-bond donors (Lipinski definition) is 2. The fourth-order valence-electron chi connectivity index (χ4n) is 4.49. The van der Waals surface area contributed by atoms with Gasteiger partial charge in [-0.25, -0.2) is 15.0 Å². The molecule has 7 nitrogen and oxygen atoms in total. The Morgan fingerprint density at radius 1 is 0.864 bits per heavy atom. The van der Waals surface area contributed by atoms with Crippen LogP contribution in [0, 0.1) is 5.92 Å². The van der Waals surface area contributed by atoms with Gasteiger partial charge in [0.2, 0.25) is 0 Å². The highest BCUT2D eigenvalue weighted by molar-refractivity contribution is 6.08. The summed E-state index contributed by atoms with van der Waals surface area (Å²) in [7, 11) is 0. The van der Waals surface area contributed by atoms with E-state index in [0.717, 1.165) is 84.3 Å². The first-order valence-electron chi connectivity index (χ1n) is 15.6. The zero-order valence-electron chi connectivity index (χ0n) is 27.9. The summed E-state index contributed by atoms with van der Waals surface area (Å²) >= 11 is 0. The highest BCUT2D eigenvalue weighted by atomic mass is 16.3. The summed E-state index contributed by atoms with van der Waals surface area (Å²) < 4.78 is 2.24. The molecular weight excluding hydrogens is 546 g/mol. The van der Waals surface area contributed by atoms with Gasteiger partial charge in [-0.05, 0) is 71.2 Å². The first kappa shape index (κ1) is 35.9. The standard InChI is InChI=1S/C26H38N4O.C11H13NO/c1-7-12-25-27-16-18-30(25)17-15-23(19(4)8-2)29-26(20(5)9-3)28-21(6)22-13-10-11-14-24(22)31;1-8(2)12-9(3)10-6-4-5-7-11(10)13/h10-11,13-14,16,18,20,31H,7-9,12,15,17H2,1-6H3;4-7,13H,1H2,2-3H3/b23-19-,28-21?,29-26?;. The number of nitrogens with zero attached hydrogens (tertiary/aromatic N) is 5. The third-order valence-corrected chi connectivity index (χ3v) is 7.42. The molecule has 7 heteroatoms. The number of aromatic nitrogens is 2. The summed E-state index contributed by atoms with van der Waals surface area (Å²) in [6.07, 6.45) is 8.78. The number of amidine groups is 1. The molecule has 0 radical (unpaired) electrons. The van der Waals surface area contributed by atoms with Crippen molar-refractivity contribution in [3.05, 3.63) is 101 Å². The van der Waals surface area contributed by atoms with E-state index in [1.54, 1.807) is 18.2 Å². The summed E-state index contributed by atoms with van der Waals surface area (Å²) in [6.45, 7) is 21.0.